The van der Waals surface area contributed by atoms with Gasteiger partial charge in [0.1, 0.15) is 0 Å². The predicted molar refractivity (Wildman–Crippen MR) is 61.4 cm³/mol. The molecule has 0 aromatic rings. The minimum absolute atomic E-state index is 0. The van der Waals surface area contributed by atoms with E-state index in [1.807, 2.05) is 0 Å². The molecule has 4 aliphatic rings. The summed E-state index contributed by atoms with van der Waals surface area (Å²) in [5.41, 5.74) is 6.54. The van der Waals surface area contributed by atoms with Crippen molar-refractivity contribution in [3.63, 3.8) is 0 Å². The molecule has 2 N–H and O–H groups in total. The van der Waals surface area contributed by atoms with Crippen molar-refractivity contribution >= 4 is 12.4 Å². The molecule has 4 fully saturated rings. The van der Waals surface area contributed by atoms with Crippen molar-refractivity contribution in [2.24, 2.45) is 29.4 Å². The largest absolute Gasteiger partial charge is 0.325 e. The van der Waals surface area contributed by atoms with E-state index in [1.165, 1.54) is 25.7 Å². The first-order valence-electron chi connectivity index (χ1n) is 5.87. The van der Waals surface area contributed by atoms with Crippen LogP contribution in [0, 0.1) is 35.0 Å². The fourth-order valence-electron chi connectivity index (χ4n) is 4.45. The third-order valence-electron chi connectivity index (χ3n) is 4.68. The van der Waals surface area contributed by atoms with Gasteiger partial charge in [-0.15, -0.1) is 12.4 Å². The zero-order valence-electron chi connectivity index (χ0n) is 8.98. The molecule has 84 valence electrons. The molecule has 4 aliphatic carbocycles. The Labute approximate surface area is 97.6 Å². The van der Waals surface area contributed by atoms with Crippen LogP contribution in [-0.4, -0.2) is 5.54 Å². The van der Waals surface area contributed by atoms with E-state index in [0.29, 0.717) is 11.8 Å². The van der Waals surface area contributed by atoms with E-state index in [2.05, 4.69) is 6.07 Å². The summed E-state index contributed by atoms with van der Waals surface area (Å²) < 4.78 is 0. The van der Waals surface area contributed by atoms with E-state index in [1.54, 1.807) is 0 Å². The highest BCUT2D eigenvalue weighted by Gasteiger charge is 2.49. The first-order chi connectivity index (χ1) is 6.68. The average Bonchev–Trinajstić information content (AvgIpc) is 2.26. The topological polar surface area (TPSA) is 49.8 Å². The molecule has 4 saturated carbocycles. The van der Waals surface area contributed by atoms with Gasteiger partial charge in [0, 0.05) is 11.5 Å². The predicted octanol–water partition coefficient (Wildman–Crippen LogP) is 2.48. The quantitative estimate of drug-likeness (QED) is 0.690. The SMILES string of the molecule is Cl.N#CC1CC2CC3CC1CC(N)(C2)C3. The van der Waals surface area contributed by atoms with E-state index in [-0.39, 0.29) is 17.9 Å². The molecule has 15 heavy (non-hydrogen) atoms. The number of nitrogens with zero attached hydrogens (tertiary/aromatic N) is 1. The molecule has 0 heterocycles. The van der Waals surface area contributed by atoms with Crippen LogP contribution in [0.25, 0.3) is 0 Å². The van der Waals surface area contributed by atoms with Gasteiger partial charge in [-0.25, -0.2) is 0 Å². The lowest BCUT2D eigenvalue weighted by Gasteiger charge is -2.46. The maximum Gasteiger partial charge on any atom is 0.0658 e. The fraction of sp³-hybridized carbons (Fsp3) is 0.917. The number of hydrogen-bond acceptors (Lipinski definition) is 2. The summed E-state index contributed by atoms with van der Waals surface area (Å²) in [4.78, 5) is 0. The van der Waals surface area contributed by atoms with Crippen molar-refractivity contribution in [2.45, 2.75) is 44.1 Å². The molecule has 0 radical (unpaired) electrons. The van der Waals surface area contributed by atoms with Crippen molar-refractivity contribution in [3.05, 3.63) is 0 Å². The highest BCUT2D eigenvalue weighted by Crippen LogP contribution is 2.53. The normalized spacial score (nSPS) is 51.7. The number of halogens is 1. The summed E-state index contributed by atoms with van der Waals surface area (Å²) >= 11 is 0. The van der Waals surface area contributed by atoms with Crippen molar-refractivity contribution in [3.8, 4) is 6.07 Å². The lowest BCUT2D eigenvalue weighted by atomic mass is 9.63. The van der Waals surface area contributed by atoms with Crippen LogP contribution in [0.1, 0.15) is 38.5 Å². The van der Waals surface area contributed by atoms with Gasteiger partial charge in [0.15, 0.2) is 0 Å². The van der Waals surface area contributed by atoms with Gasteiger partial charge >= 0.3 is 0 Å². The Bertz CT molecular complexity index is 298. The smallest absolute Gasteiger partial charge is 0.0658 e. The Balaban J connectivity index is 0.000000853. The Kier molecular flexibility index (Phi) is 2.73. The first kappa shape index (κ1) is 11.2. The van der Waals surface area contributed by atoms with Crippen LogP contribution in [0.3, 0.4) is 0 Å². The Morgan fingerprint density at radius 2 is 1.73 bits per heavy atom. The standard InChI is InChI=1S/C12H18N2.ClH/c13-7-11-3-9-1-8-2-10(11)6-12(14,4-8)5-9;/h8-11H,1-6,14H2;1H. The van der Waals surface area contributed by atoms with E-state index < -0.39 is 0 Å². The first-order valence-corrected chi connectivity index (χ1v) is 5.87. The van der Waals surface area contributed by atoms with Gasteiger partial charge in [-0.3, -0.25) is 0 Å². The molecule has 5 atom stereocenters. The van der Waals surface area contributed by atoms with Crippen LogP contribution in [0.4, 0.5) is 0 Å². The van der Waals surface area contributed by atoms with Gasteiger partial charge in [0.05, 0.1) is 6.07 Å². The zero-order chi connectivity index (χ0) is 9.76. The lowest BCUT2D eigenvalue weighted by Crippen LogP contribution is -2.50. The van der Waals surface area contributed by atoms with Gasteiger partial charge in [0.25, 0.3) is 0 Å². The van der Waals surface area contributed by atoms with Crippen LogP contribution >= 0.6 is 12.4 Å². The third kappa shape index (κ3) is 1.77. The molecule has 0 spiro atoms. The van der Waals surface area contributed by atoms with Crippen LogP contribution in [0.5, 0.6) is 0 Å². The number of rotatable bonds is 0. The number of hydrogen-bond donors (Lipinski definition) is 1. The minimum atomic E-state index is 0. The average molecular weight is 227 g/mol. The lowest BCUT2D eigenvalue weighted by molar-refractivity contribution is 0.101. The summed E-state index contributed by atoms with van der Waals surface area (Å²) in [6.07, 6.45) is 7.33. The summed E-state index contributed by atoms with van der Waals surface area (Å²) in [6.45, 7) is 0. The molecule has 0 saturated heterocycles. The number of fused-ring (bicyclic) bond motifs is 1. The molecule has 0 aliphatic heterocycles. The van der Waals surface area contributed by atoms with Crippen molar-refractivity contribution in [1.29, 1.82) is 5.26 Å². The molecule has 0 aromatic carbocycles. The minimum Gasteiger partial charge on any atom is -0.325 e. The number of nitrogens with two attached hydrogens (primary N) is 1. The Morgan fingerprint density at radius 1 is 1.07 bits per heavy atom. The summed E-state index contributed by atoms with van der Waals surface area (Å²) in [5, 5.41) is 9.16. The van der Waals surface area contributed by atoms with Gasteiger partial charge in [-0.1, -0.05) is 0 Å². The zero-order valence-corrected chi connectivity index (χ0v) is 9.80. The van der Waals surface area contributed by atoms with E-state index in [9.17, 15) is 0 Å². The maximum atomic E-state index is 9.16. The Hall–Kier alpha value is -0.260. The molecule has 4 bridgehead atoms. The second-order valence-corrected chi connectivity index (χ2v) is 5.91. The molecule has 0 aromatic heterocycles. The van der Waals surface area contributed by atoms with Crippen LogP contribution in [0.15, 0.2) is 0 Å². The third-order valence-corrected chi connectivity index (χ3v) is 4.68. The van der Waals surface area contributed by atoms with Crippen LogP contribution in [-0.2, 0) is 0 Å². The molecule has 3 heteroatoms. The van der Waals surface area contributed by atoms with Crippen molar-refractivity contribution in [1.82, 2.24) is 0 Å². The molecular formula is C12H19ClN2. The number of nitriles is 1. The van der Waals surface area contributed by atoms with E-state index in [4.69, 9.17) is 11.0 Å². The highest BCUT2D eigenvalue weighted by atomic mass is 35.5. The molecule has 4 rings (SSSR count). The maximum absolute atomic E-state index is 9.16. The molecule has 0 amide bonds. The van der Waals surface area contributed by atoms with Gasteiger partial charge in [-0.2, -0.15) is 5.26 Å². The summed E-state index contributed by atoms with van der Waals surface area (Å²) in [5.74, 6) is 2.54. The monoisotopic (exact) mass is 226 g/mol. The summed E-state index contributed by atoms with van der Waals surface area (Å²) in [7, 11) is 0. The fourth-order valence-corrected chi connectivity index (χ4v) is 4.45. The second-order valence-electron chi connectivity index (χ2n) is 5.91. The van der Waals surface area contributed by atoms with Crippen LogP contribution < -0.4 is 5.73 Å². The van der Waals surface area contributed by atoms with Gasteiger partial charge in [0.2, 0.25) is 0 Å². The van der Waals surface area contributed by atoms with E-state index in [0.717, 1.165) is 24.7 Å². The molecule has 5 unspecified atom stereocenters. The van der Waals surface area contributed by atoms with E-state index >= 15 is 0 Å². The highest BCUT2D eigenvalue weighted by molar-refractivity contribution is 5.85. The van der Waals surface area contributed by atoms with Gasteiger partial charge < -0.3 is 5.73 Å². The van der Waals surface area contributed by atoms with Crippen LogP contribution in [0.2, 0.25) is 0 Å². The van der Waals surface area contributed by atoms with Crippen molar-refractivity contribution < 1.29 is 0 Å². The second kappa shape index (κ2) is 3.64. The van der Waals surface area contributed by atoms with Gasteiger partial charge in [-0.05, 0) is 56.3 Å². The molecular weight excluding hydrogens is 208 g/mol. The summed E-state index contributed by atoms with van der Waals surface area (Å²) in [6, 6.07) is 2.52. The Morgan fingerprint density at radius 3 is 2.33 bits per heavy atom. The molecule has 2 nitrogen and oxygen atoms in total. The van der Waals surface area contributed by atoms with Crippen molar-refractivity contribution in [2.75, 3.05) is 0 Å².